The largest absolute Gasteiger partial charge is 0.382 e. The standard InChI is InChI=1S/C13H24N2O2/c1-5-8-15-9-7-14-13(15)11(16)12(10(3)4)17-6-2/h7,9-12,16H,5-6,8H2,1-4H3. The summed E-state index contributed by atoms with van der Waals surface area (Å²) < 4.78 is 7.62. The van der Waals surface area contributed by atoms with Gasteiger partial charge in [0.2, 0.25) is 0 Å². The van der Waals surface area contributed by atoms with E-state index in [-0.39, 0.29) is 12.0 Å². The molecule has 1 rings (SSSR count). The van der Waals surface area contributed by atoms with E-state index in [1.807, 2.05) is 17.7 Å². The van der Waals surface area contributed by atoms with E-state index in [2.05, 4.69) is 25.8 Å². The molecule has 2 unspecified atom stereocenters. The van der Waals surface area contributed by atoms with Gasteiger partial charge in [0, 0.05) is 25.5 Å². The number of aromatic nitrogens is 2. The van der Waals surface area contributed by atoms with Gasteiger partial charge in [0.15, 0.2) is 0 Å². The number of aliphatic hydroxyl groups excluding tert-OH is 1. The minimum atomic E-state index is -0.656. The molecule has 0 saturated heterocycles. The van der Waals surface area contributed by atoms with Crippen molar-refractivity contribution in [2.24, 2.45) is 5.92 Å². The first-order valence-corrected chi connectivity index (χ1v) is 6.42. The minimum absolute atomic E-state index is 0.196. The van der Waals surface area contributed by atoms with E-state index in [1.165, 1.54) is 0 Å². The molecule has 17 heavy (non-hydrogen) atoms. The molecule has 1 aromatic rings. The fourth-order valence-electron chi connectivity index (χ4n) is 2.00. The first-order chi connectivity index (χ1) is 8.11. The lowest BCUT2D eigenvalue weighted by molar-refractivity contribution is -0.0631. The summed E-state index contributed by atoms with van der Waals surface area (Å²) in [5, 5.41) is 10.4. The summed E-state index contributed by atoms with van der Waals surface area (Å²) in [6.07, 6.45) is 3.81. The van der Waals surface area contributed by atoms with Gasteiger partial charge in [0.25, 0.3) is 0 Å². The van der Waals surface area contributed by atoms with Crippen LogP contribution in [-0.2, 0) is 11.3 Å². The Morgan fingerprint density at radius 1 is 1.41 bits per heavy atom. The summed E-state index contributed by atoms with van der Waals surface area (Å²) >= 11 is 0. The lowest BCUT2D eigenvalue weighted by Crippen LogP contribution is -2.29. The van der Waals surface area contributed by atoms with Gasteiger partial charge in [0.05, 0.1) is 6.10 Å². The molecule has 0 aromatic carbocycles. The molecule has 0 radical (unpaired) electrons. The SMILES string of the molecule is CCCn1ccnc1C(O)C(OCC)C(C)C. The number of nitrogens with zero attached hydrogens (tertiary/aromatic N) is 2. The molecule has 0 aliphatic carbocycles. The van der Waals surface area contributed by atoms with Crippen LogP contribution in [0, 0.1) is 5.92 Å². The Bertz CT molecular complexity index is 323. The molecule has 0 spiro atoms. The van der Waals surface area contributed by atoms with Crippen molar-refractivity contribution in [3.05, 3.63) is 18.2 Å². The second kappa shape index (κ2) is 6.77. The Morgan fingerprint density at radius 2 is 2.12 bits per heavy atom. The fraction of sp³-hybridized carbons (Fsp3) is 0.769. The molecule has 0 aliphatic heterocycles. The van der Waals surface area contributed by atoms with Crippen molar-refractivity contribution in [2.45, 2.75) is 52.9 Å². The van der Waals surface area contributed by atoms with Crippen LogP contribution in [-0.4, -0.2) is 27.4 Å². The summed E-state index contributed by atoms with van der Waals surface area (Å²) in [5.74, 6) is 0.968. The highest BCUT2D eigenvalue weighted by molar-refractivity contribution is 4.99. The van der Waals surface area contributed by atoms with Gasteiger partial charge >= 0.3 is 0 Å². The number of hydrogen-bond acceptors (Lipinski definition) is 3. The molecule has 98 valence electrons. The Kier molecular flexibility index (Phi) is 5.65. The van der Waals surface area contributed by atoms with Gasteiger partial charge in [0.1, 0.15) is 11.9 Å². The van der Waals surface area contributed by atoms with E-state index in [4.69, 9.17) is 4.74 Å². The number of hydrogen-bond donors (Lipinski definition) is 1. The van der Waals surface area contributed by atoms with Crippen LogP contribution in [0.3, 0.4) is 0 Å². The molecule has 0 bridgehead atoms. The number of aliphatic hydroxyl groups is 1. The fourth-order valence-corrected chi connectivity index (χ4v) is 2.00. The molecule has 0 fully saturated rings. The highest BCUT2D eigenvalue weighted by Crippen LogP contribution is 2.23. The van der Waals surface area contributed by atoms with Crippen LogP contribution in [0.5, 0.6) is 0 Å². The summed E-state index contributed by atoms with van der Waals surface area (Å²) in [4.78, 5) is 4.25. The predicted molar refractivity (Wildman–Crippen MR) is 67.7 cm³/mol. The third-order valence-electron chi connectivity index (χ3n) is 2.80. The first-order valence-electron chi connectivity index (χ1n) is 6.42. The Balaban J connectivity index is 2.84. The average Bonchev–Trinajstić information content (AvgIpc) is 2.73. The molecule has 1 aromatic heterocycles. The Labute approximate surface area is 104 Å². The van der Waals surface area contributed by atoms with Gasteiger partial charge in [-0.15, -0.1) is 0 Å². The number of imidazole rings is 1. The zero-order valence-corrected chi connectivity index (χ0v) is 11.3. The van der Waals surface area contributed by atoms with Gasteiger partial charge in [-0.05, 0) is 19.3 Å². The summed E-state index contributed by atoms with van der Waals surface area (Å²) in [5.41, 5.74) is 0. The van der Waals surface area contributed by atoms with E-state index in [0.717, 1.165) is 13.0 Å². The van der Waals surface area contributed by atoms with Gasteiger partial charge in [-0.3, -0.25) is 0 Å². The van der Waals surface area contributed by atoms with Crippen molar-refractivity contribution in [1.82, 2.24) is 9.55 Å². The molecule has 4 nitrogen and oxygen atoms in total. The molecule has 0 amide bonds. The maximum absolute atomic E-state index is 10.4. The molecular formula is C13H24N2O2. The van der Waals surface area contributed by atoms with Crippen LogP contribution in [0.1, 0.15) is 46.0 Å². The topological polar surface area (TPSA) is 47.3 Å². The van der Waals surface area contributed by atoms with Gasteiger partial charge < -0.3 is 14.4 Å². The minimum Gasteiger partial charge on any atom is -0.382 e. The number of aryl methyl sites for hydroxylation is 1. The van der Waals surface area contributed by atoms with Crippen LogP contribution < -0.4 is 0 Å². The van der Waals surface area contributed by atoms with Crippen LogP contribution >= 0.6 is 0 Å². The highest BCUT2D eigenvalue weighted by atomic mass is 16.5. The summed E-state index contributed by atoms with van der Waals surface area (Å²) in [6.45, 7) is 9.64. The molecule has 1 heterocycles. The predicted octanol–water partition coefficient (Wildman–Crippen LogP) is 2.39. The van der Waals surface area contributed by atoms with Crippen molar-refractivity contribution in [2.75, 3.05) is 6.61 Å². The van der Waals surface area contributed by atoms with E-state index in [1.54, 1.807) is 6.20 Å². The Morgan fingerprint density at radius 3 is 2.65 bits per heavy atom. The molecule has 0 aliphatic rings. The quantitative estimate of drug-likeness (QED) is 0.796. The van der Waals surface area contributed by atoms with Crippen molar-refractivity contribution in [3.63, 3.8) is 0 Å². The third-order valence-corrected chi connectivity index (χ3v) is 2.80. The maximum Gasteiger partial charge on any atom is 0.140 e. The highest BCUT2D eigenvalue weighted by Gasteiger charge is 2.27. The van der Waals surface area contributed by atoms with Crippen molar-refractivity contribution in [3.8, 4) is 0 Å². The maximum atomic E-state index is 10.4. The lowest BCUT2D eigenvalue weighted by atomic mass is 10.0. The van der Waals surface area contributed by atoms with Crippen molar-refractivity contribution in [1.29, 1.82) is 0 Å². The number of ether oxygens (including phenoxy) is 1. The Hall–Kier alpha value is -0.870. The molecule has 1 N–H and O–H groups in total. The third kappa shape index (κ3) is 3.54. The van der Waals surface area contributed by atoms with Crippen LogP contribution in [0.25, 0.3) is 0 Å². The molecule has 4 heteroatoms. The smallest absolute Gasteiger partial charge is 0.140 e. The average molecular weight is 240 g/mol. The first kappa shape index (κ1) is 14.2. The van der Waals surface area contributed by atoms with Crippen LogP contribution in [0.15, 0.2) is 12.4 Å². The summed E-state index contributed by atoms with van der Waals surface area (Å²) in [7, 11) is 0. The van der Waals surface area contributed by atoms with E-state index >= 15 is 0 Å². The van der Waals surface area contributed by atoms with Gasteiger partial charge in [-0.1, -0.05) is 20.8 Å². The van der Waals surface area contributed by atoms with Crippen molar-refractivity contribution >= 4 is 0 Å². The lowest BCUT2D eigenvalue weighted by Gasteiger charge is -2.26. The van der Waals surface area contributed by atoms with Gasteiger partial charge in [-0.2, -0.15) is 0 Å². The second-order valence-electron chi connectivity index (χ2n) is 4.59. The van der Waals surface area contributed by atoms with Crippen molar-refractivity contribution < 1.29 is 9.84 Å². The van der Waals surface area contributed by atoms with Gasteiger partial charge in [-0.25, -0.2) is 4.98 Å². The zero-order valence-electron chi connectivity index (χ0n) is 11.3. The molecular weight excluding hydrogens is 216 g/mol. The summed E-state index contributed by atoms with van der Waals surface area (Å²) in [6, 6.07) is 0. The van der Waals surface area contributed by atoms with Crippen LogP contribution in [0.4, 0.5) is 0 Å². The monoisotopic (exact) mass is 240 g/mol. The van der Waals surface area contributed by atoms with E-state index < -0.39 is 6.10 Å². The molecule has 0 saturated carbocycles. The zero-order chi connectivity index (χ0) is 12.8. The molecule has 2 atom stereocenters. The van der Waals surface area contributed by atoms with Crippen LogP contribution in [0.2, 0.25) is 0 Å². The number of rotatable bonds is 7. The normalized spacial score (nSPS) is 15.2. The second-order valence-corrected chi connectivity index (χ2v) is 4.59. The van der Waals surface area contributed by atoms with E-state index in [0.29, 0.717) is 12.4 Å². The van der Waals surface area contributed by atoms with E-state index in [9.17, 15) is 5.11 Å².